The molecule has 0 N–H and O–H groups in total. The van der Waals surface area contributed by atoms with Crippen molar-refractivity contribution in [2.75, 3.05) is 13.1 Å². The van der Waals surface area contributed by atoms with Crippen LogP contribution in [-0.2, 0) is 12.8 Å². The van der Waals surface area contributed by atoms with Gasteiger partial charge in [0.05, 0.1) is 0 Å². The minimum atomic E-state index is 0. The number of hydrogen-bond acceptors (Lipinski definition) is 2. The summed E-state index contributed by atoms with van der Waals surface area (Å²) in [7, 11) is 0. The summed E-state index contributed by atoms with van der Waals surface area (Å²) in [4.78, 5) is 2.56. The zero-order chi connectivity index (χ0) is 20.3. The van der Waals surface area contributed by atoms with E-state index in [0.717, 1.165) is 30.0 Å². The molecule has 1 fully saturated rings. The fourth-order valence-electron chi connectivity index (χ4n) is 4.10. The molecule has 0 bridgehead atoms. The van der Waals surface area contributed by atoms with E-state index in [9.17, 15) is 0 Å². The first kappa shape index (κ1) is 25.0. The lowest BCUT2D eigenvalue weighted by Crippen LogP contribution is -2.43. The van der Waals surface area contributed by atoms with Crippen molar-refractivity contribution in [3.63, 3.8) is 0 Å². The summed E-state index contributed by atoms with van der Waals surface area (Å²) in [5.74, 6) is 1.00. The van der Waals surface area contributed by atoms with Crippen LogP contribution >= 0.6 is 24.0 Å². The zero-order valence-corrected chi connectivity index (χ0v) is 19.9. The average Bonchev–Trinajstić information content (AvgIpc) is 2.75. The highest BCUT2D eigenvalue weighted by Crippen LogP contribution is 2.23. The number of likely N-dealkylation sites (tertiary alicyclic amines) is 1. The van der Waals surface area contributed by atoms with E-state index in [1.54, 1.807) is 0 Å². The fraction of sp³-hybridized carbons (Fsp3) is 0.538. The number of unbranched alkanes of at least 4 members (excludes halogenated alkanes) is 4. The Morgan fingerprint density at radius 1 is 0.867 bits per heavy atom. The lowest BCUT2D eigenvalue weighted by molar-refractivity contribution is -0.00475. The van der Waals surface area contributed by atoms with Crippen LogP contribution < -0.4 is 4.74 Å². The molecular formula is C26H37Cl2NO. The van der Waals surface area contributed by atoms with Gasteiger partial charge in [0, 0.05) is 18.1 Å². The summed E-state index contributed by atoms with van der Waals surface area (Å²) in [5, 5.41) is 0.799. The van der Waals surface area contributed by atoms with Gasteiger partial charge >= 0.3 is 0 Å². The number of hydrogen-bond donors (Lipinski definition) is 0. The number of aryl methyl sites for hydroxylation is 2. The van der Waals surface area contributed by atoms with Crippen LogP contribution in [0.15, 0.2) is 48.5 Å². The number of piperidine rings is 1. The predicted octanol–water partition coefficient (Wildman–Crippen LogP) is 7.71. The lowest BCUT2D eigenvalue weighted by atomic mass is 10.0. The highest BCUT2D eigenvalue weighted by atomic mass is 35.5. The number of rotatable bonds is 11. The van der Waals surface area contributed by atoms with E-state index in [-0.39, 0.29) is 18.6 Å². The molecule has 1 aliphatic rings. The highest BCUT2D eigenvalue weighted by Gasteiger charge is 2.23. The molecular weight excluding hydrogens is 413 g/mol. The first-order valence-corrected chi connectivity index (χ1v) is 11.9. The quantitative estimate of drug-likeness (QED) is 0.325. The summed E-state index contributed by atoms with van der Waals surface area (Å²) >= 11 is 5.97. The van der Waals surface area contributed by atoms with Gasteiger partial charge in [0.25, 0.3) is 0 Å². The monoisotopic (exact) mass is 449 g/mol. The second-order valence-electron chi connectivity index (χ2n) is 8.29. The van der Waals surface area contributed by atoms with Crippen molar-refractivity contribution < 1.29 is 4.74 Å². The van der Waals surface area contributed by atoms with E-state index in [1.165, 1.54) is 69.2 Å². The van der Waals surface area contributed by atoms with Crippen molar-refractivity contribution in [2.24, 2.45) is 0 Å². The number of halogens is 2. The van der Waals surface area contributed by atoms with Crippen LogP contribution in [0.4, 0.5) is 0 Å². The Kier molecular flexibility index (Phi) is 11.7. The molecule has 0 aliphatic carbocycles. The predicted molar refractivity (Wildman–Crippen MR) is 131 cm³/mol. The summed E-state index contributed by atoms with van der Waals surface area (Å²) in [6.45, 7) is 4.63. The van der Waals surface area contributed by atoms with Crippen molar-refractivity contribution >= 4 is 24.0 Å². The smallest absolute Gasteiger partial charge is 0.152 e. The minimum absolute atomic E-state index is 0. The van der Waals surface area contributed by atoms with Gasteiger partial charge in [-0.1, -0.05) is 68.5 Å². The second kappa shape index (κ2) is 14.0. The first-order valence-electron chi connectivity index (χ1n) is 11.5. The summed E-state index contributed by atoms with van der Waals surface area (Å²) in [6.07, 6.45) is 12.7. The molecule has 1 heterocycles. The second-order valence-corrected chi connectivity index (χ2v) is 8.73. The van der Waals surface area contributed by atoms with Crippen LogP contribution in [0.2, 0.25) is 5.02 Å². The van der Waals surface area contributed by atoms with Gasteiger partial charge in [-0.15, -0.1) is 12.4 Å². The van der Waals surface area contributed by atoms with E-state index >= 15 is 0 Å². The standard InChI is InChI=1S/C26H36ClNO.ClH/c1-2-3-4-5-7-20-28-21-8-6-9-26(28)29-25-18-14-23(15-19-25)11-10-22-12-16-24(27)17-13-22;/h12-19,26H,2-11,20-21H2,1H3;1H. The van der Waals surface area contributed by atoms with E-state index in [2.05, 4.69) is 48.2 Å². The maximum Gasteiger partial charge on any atom is 0.152 e. The van der Waals surface area contributed by atoms with E-state index in [4.69, 9.17) is 16.3 Å². The van der Waals surface area contributed by atoms with Crippen molar-refractivity contribution in [1.29, 1.82) is 0 Å². The van der Waals surface area contributed by atoms with E-state index in [1.807, 2.05) is 12.1 Å². The van der Waals surface area contributed by atoms with Gasteiger partial charge in [0.1, 0.15) is 5.75 Å². The third kappa shape index (κ3) is 8.49. The molecule has 0 radical (unpaired) electrons. The van der Waals surface area contributed by atoms with Crippen molar-refractivity contribution in [2.45, 2.75) is 77.4 Å². The third-order valence-electron chi connectivity index (χ3n) is 5.91. The topological polar surface area (TPSA) is 12.5 Å². The molecule has 0 aromatic heterocycles. The average molecular weight is 450 g/mol. The van der Waals surface area contributed by atoms with Gasteiger partial charge < -0.3 is 4.74 Å². The van der Waals surface area contributed by atoms with E-state index < -0.39 is 0 Å². The molecule has 0 saturated carbocycles. The number of nitrogens with zero attached hydrogens (tertiary/aromatic N) is 1. The van der Waals surface area contributed by atoms with Crippen LogP contribution in [0.3, 0.4) is 0 Å². The molecule has 0 amide bonds. The van der Waals surface area contributed by atoms with Crippen LogP contribution in [0.25, 0.3) is 0 Å². The first-order chi connectivity index (χ1) is 14.2. The SMILES string of the molecule is CCCCCCCN1CCCCC1Oc1ccc(CCc2ccc(Cl)cc2)cc1.Cl. The molecule has 2 nitrogen and oxygen atoms in total. The normalized spacial score (nSPS) is 16.8. The van der Waals surface area contributed by atoms with Crippen LogP contribution in [0.5, 0.6) is 5.75 Å². The van der Waals surface area contributed by atoms with E-state index in [0.29, 0.717) is 0 Å². The largest absolute Gasteiger partial charge is 0.475 e. The molecule has 1 atom stereocenters. The van der Waals surface area contributed by atoms with Gasteiger partial charge in [-0.25, -0.2) is 0 Å². The number of ether oxygens (including phenoxy) is 1. The number of benzene rings is 2. The molecule has 2 aromatic carbocycles. The Balaban J connectivity index is 0.00000320. The Bertz CT molecular complexity index is 702. The molecule has 0 spiro atoms. The molecule has 1 aliphatic heterocycles. The van der Waals surface area contributed by atoms with Crippen molar-refractivity contribution in [3.05, 3.63) is 64.7 Å². The molecule has 1 unspecified atom stereocenters. The molecule has 30 heavy (non-hydrogen) atoms. The van der Waals surface area contributed by atoms with Gasteiger partial charge in [-0.05, 0) is 73.9 Å². The Labute approximate surface area is 194 Å². The Hall–Kier alpha value is -1.22. The Morgan fingerprint density at radius 2 is 1.50 bits per heavy atom. The van der Waals surface area contributed by atoms with Gasteiger partial charge in [0.2, 0.25) is 0 Å². The van der Waals surface area contributed by atoms with Crippen LogP contribution in [0, 0.1) is 0 Å². The zero-order valence-electron chi connectivity index (χ0n) is 18.3. The highest BCUT2D eigenvalue weighted by molar-refractivity contribution is 6.30. The fourth-order valence-corrected chi connectivity index (χ4v) is 4.23. The van der Waals surface area contributed by atoms with Crippen LogP contribution in [-0.4, -0.2) is 24.2 Å². The van der Waals surface area contributed by atoms with Gasteiger partial charge in [-0.3, -0.25) is 4.90 Å². The van der Waals surface area contributed by atoms with Gasteiger partial charge in [0.15, 0.2) is 6.23 Å². The lowest BCUT2D eigenvalue weighted by Gasteiger charge is -2.35. The molecule has 3 rings (SSSR count). The van der Waals surface area contributed by atoms with Gasteiger partial charge in [-0.2, -0.15) is 0 Å². The molecule has 2 aromatic rings. The maximum absolute atomic E-state index is 6.39. The van der Waals surface area contributed by atoms with Crippen molar-refractivity contribution in [1.82, 2.24) is 4.90 Å². The maximum atomic E-state index is 6.39. The third-order valence-corrected chi connectivity index (χ3v) is 6.17. The summed E-state index contributed by atoms with van der Waals surface area (Å²) in [6, 6.07) is 16.9. The molecule has 1 saturated heterocycles. The molecule has 166 valence electrons. The van der Waals surface area contributed by atoms with Crippen LogP contribution in [0.1, 0.15) is 69.4 Å². The summed E-state index contributed by atoms with van der Waals surface area (Å²) < 4.78 is 6.39. The van der Waals surface area contributed by atoms with Crippen molar-refractivity contribution in [3.8, 4) is 5.75 Å². The Morgan fingerprint density at radius 3 is 2.17 bits per heavy atom. The summed E-state index contributed by atoms with van der Waals surface area (Å²) in [5.41, 5.74) is 2.68. The minimum Gasteiger partial charge on any atom is -0.475 e. The molecule has 4 heteroatoms.